The molecule has 0 unspecified atom stereocenters. The summed E-state index contributed by atoms with van der Waals surface area (Å²) in [6, 6.07) is 18.1. The molecule has 0 bridgehead atoms. The molecule has 0 N–H and O–H groups in total. The number of carbonyl (C=O) groups excluding carboxylic acids is 5. The van der Waals surface area contributed by atoms with Crippen LogP contribution in [0.3, 0.4) is 0 Å². The van der Waals surface area contributed by atoms with Crippen LogP contribution in [0, 0.1) is 35.0 Å². The SMILES string of the molecule is COC(=O)C1=C[C@@H](C(=O)OC)[C@@H]2C3=C(C(=O)C2(C)C)[C@H](c2ccccc2)[C@H]2C(=O)N(c4ccccc4)C(=O)[C@H]2[C@@H]3C1. The summed E-state index contributed by atoms with van der Waals surface area (Å²) in [5.41, 5.74) is 1.54. The van der Waals surface area contributed by atoms with Crippen LogP contribution in [0.4, 0.5) is 5.69 Å². The molecular weight excluding hydrogens is 522 g/mol. The van der Waals surface area contributed by atoms with Crippen molar-refractivity contribution < 1.29 is 33.4 Å². The number of anilines is 1. The van der Waals surface area contributed by atoms with E-state index in [1.165, 1.54) is 19.1 Å². The van der Waals surface area contributed by atoms with Gasteiger partial charge >= 0.3 is 11.9 Å². The molecule has 41 heavy (non-hydrogen) atoms. The highest BCUT2D eigenvalue weighted by Crippen LogP contribution is 2.64. The molecule has 6 rings (SSSR count). The average Bonchev–Trinajstić information content (AvgIpc) is 3.25. The number of benzene rings is 2. The van der Waals surface area contributed by atoms with Crippen molar-refractivity contribution in [3.05, 3.63) is 89.0 Å². The molecule has 1 heterocycles. The van der Waals surface area contributed by atoms with Crippen LogP contribution in [0.1, 0.15) is 31.7 Å². The van der Waals surface area contributed by atoms with Crippen molar-refractivity contribution >= 4 is 35.2 Å². The van der Waals surface area contributed by atoms with Gasteiger partial charge in [-0.15, -0.1) is 0 Å². The van der Waals surface area contributed by atoms with Crippen molar-refractivity contribution in [3.63, 3.8) is 0 Å². The zero-order valence-corrected chi connectivity index (χ0v) is 23.3. The van der Waals surface area contributed by atoms with Crippen LogP contribution in [-0.4, -0.2) is 43.8 Å². The molecule has 0 aromatic heterocycles. The maximum atomic E-state index is 14.4. The summed E-state index contributed by atoms with van der Waals surface area (Å²) in [6.07, 6.45) is 1.61. The fraction of sp³-hybridized carbons (Fsp3) is 0.364. The lowest BCUT2D eigenvalue weighted by Crippen LogP contribution is -2.39. The second-order valence-electron chi connectivity index (χ2n) is 11.7. The second-order valence-corrected chi connectivity index (χ2v) is 11.7. The first-order valence-electron chi connectivity index (χ1n) is 13.8. The van der Waals surface area contributed by atoms with Crippen LogP contribution in [0.15, 0.2) is 83.5 Å². The van der Waals surface area contributed by atoms with E-state index in [4.69, 9.17) is 9.47 Å². The Labute approximate surface area is 238 Å². The highest BCUT2D eigenvalue weighted by molar-refractivity contribution is 6.24. The van der Waals surface area contributed by atoms with Gasteiger partial charge in [0, 0.05) is 28.4 Å². The minimum atomic E-state index is -1.05. The Morgan fingerprint density at radius 1 is 0.854 bits per heavy atom. The van der Waals surface area contributed by atoms with Gasteiger partial charge in [0.25, 0.3) is 0 Å². The number of para-hydroxylation sites is 1. The Hall–Kier alpha value is -4.33. The minimum absolute atomic E-state index is 0.0587. The molecule has 1 aliphatic heterocycles. The summed E-state index contributed by atoms with van der Waals surface area (Å²) in [5, 5.41) is 0. The number of rotatable bonds is 4. The van der Waals surface area contributed by atoms with Crippen LogP contribution in [0.25, 0.3) is 0 Å². The van der Waals surface area contributed by atoms with Crippen molar-refractivity contribution in [2.24, 2.45) is 35.0 Å². The maximum absolute atomic E-state index is 14.4. The molecule has 0 spiro atoms. The molecule has 6 atom stereocenters. The number of ether oxygens (including phenoxy) is 2. The smallest absolute Gasteiger partial charge is 0.333 e. The molecule has 3 aliphatic carbocycles. The number of ketones is 1. The summed E-state index contributed by atoms with van der Waals surface area (Å²) in [5.74, 6) is -6.77. The van der Waals surface area contributed by atoms with Gasteiger partial charge in [-0.1, -0.05) is 74.0 Å². The van der Waals surface area contributed by atoms with Crippen LogP contribution in [-0.2, 0) is 33.4 Å². The van der Waals surface area contributed by atoms with Crippen molar-refractivity contribution in [1.29, 1.82) is 0 Å². The highest BCUT2D eigenvalue weighted by Gasteiger charge is 2.66. The molecule has 8 nitrogen and oxygen atoms in total. The fourth-order valence-corrected chi connectivity index (χ4v) is 7.77. The summed E-state index contributed by atoms with van der Waals surface area (Å²) in [4.78, 5) is 70.6. The molecule has 8 heteroatoms. The number of allylic oxidation sites excluding steroid dienone is 2. The first kappa shape index (κ1) is 26.9. The predicted molar refractivity (Wildman–Crippen MR) is 148 cm³/mol. The number of Topliss-reactive ketones (excluding diaryl/α,β-unsaturated/α-hetero) is 1. The zero-order valence-electron chi connectivity index (χ0n) is 23.3. The molecule has 2 amide bonds. The minimum Gasteiger partial charge on any atom is -0.469 e. The predicted octanol–water partition coefficient (Wildman–Crippen LogP) is 4.02. The van der Waals surface area contributed by atoms with Gasteiger partial charge in [-0.25, -0.2) is 4.79 Å². The number of hydrogen-bond acceptors (Lipinski definition) is 7. The van der Waals surface area contributed by atoms with Gasteiger partial charge in [-0.2, -0.15) is 0 Å². The second kappa shape index (κ2) is 9.65. The number of nitrogens with zero attached hydrogens (tertiary/aromatic N) is 1. The molecule has 0 saturated carbocycles. The van der Waals surface area contributed by atoms with Gasteiger partial charge in [0.15, 0.2) is 5.78 Å². The molecule has 210 valence electrons. The average molecular weight is 554 g/mol. The van der Waals surface area contributed by atoms with Crippen molar-refractivity contribution in [1.82, 2.24) is 0 Å². The molecule has 2 aromatic rings. The third kappa shape index (κ3) is 3.76. The summed E-state index contributed by atoms with van der Waals surface area (Å²) in [6.45, 7) is 3.58. The molecule has 4 aliphatic rings. The van der Waals surface area contributed by atoms with Crippen LogP contribution >= 0.6 is 0 Å². The standard InChI is InChI=1S/C33H31NO7/c1-33(2)27-21(32(39)41-4)16-18(31(38)40-3)15-20-23(27)25(28(33)35)22(17-11-7-5-8-12-17)26-24(20)29(36)34(30(26)37)19-13-9-6-10-14-19/h5-14,16,20-22,24,26-27H,15H2,1-4H3/t20-,21-,22+,24+,26-,27-/m1/s1. The first-order chi connectivity index (χ1) is 19.6. The number of esters is 2. The number of imide groups is 1. The quantitative estimate of drug-likeness (QED) is 0.416. The van der Waals surface area contributed by atoms with Gasteiger partial charge in [-0.3, -0.25) is 24.1 Å². The molecular formula is C33H31NO7. The van der Waals surface area contributed by atoms with Crippen LogP contribution < -0.4 is 4.90 Å². The fourth-order valence-electron chi connectivity index (χ4n) is 7.77. The van der Waals surface area contributed by atoms with Gasteiger partial charge < -0.3 is 9.47 Å². The van der Waals surface area contributed by atoms with Gasteiger partial charge in [0.05, 0.1) is 37.7 Å². The Balaban J connectivity index is 1.64. The van der Waals surface area contributed by atoms with E-state index < -0.39 is 52.9 Å². The number of methoxy groups -OCH3 is 2. The van der Waals surface area contributed by atoms with E-state index >= 15 is 0 Å². The summed E-state index contributed by atoms with van der Waals surface area (Å²) in [7, 11) is 2.53. The van der Waals surface area contributed by atoms with E-state index in [-0.39, 0.29) is 29.6 Å². The third-order valence-corrected chi connectivity index (χ3v) is 9.43. The molecule has 0 radical (unpaired) electrons. The number of carbonyl (C=O) groups is 5. The molecule has 1 fully saturated rings. The lowest BCUT2D eigenvalue weighted by molar-refractivity contribution is -0.146. The molecule has 2 aromatic carbocycles. The van der Waals surface area contributed by atoms with Gasteiger partial charge in [0.2, 0.25) is 11.8 Å². The van der Waals surface area contributed by atoms with Gasteiger partial charge in [0.1, 0.15) is 0 Å². The Bertz CT molecular complexity index is 1540. The Morgan fingerprint density at radius 2 is 1.46 bits per heavy atom. The molecule has 1 saturated heterocycles. The highest BCUT2D eigenvalue weighted by atomic mass is 16.5. The number of amides is 2. The van der Waals surface area contributed by atoms with Crippen LogP contribution in [0.5, 0.6) is 0 Å². The van der Waals surface area contributed by atoms with E-state index in [9.17, 15) is 24.0 Å². The van der Waals surface area contributed by atoms with Crippen LogP contribution in [0.2, 0.25) is 0 Å². The lowest BCUT2D eigenvalue weighted by atomic mass is 9.60. The van der Waals surface area contributed by atoms with Crippen molar-refractivity contribution in [2.45, 2.75) is 26.2 Å². The van der Waals surface area contributed by atoms with Crippen molar-refractivity contribution in [3.8, 4) is 0 Å². The van der Waals surface area contributed by atoms with Gasteiger partial charge in [-0.05, 0) is 30.0 Å². The van der Waals surface area contributed by atoms with Crippen molar-refractivity contribution in [2.75, 3.05) is 19.1 Å². The van der Waals surface area contributed by atoms with E-state index in [0.717, 1.165) is 5.56 Å². The topological polar surface area (TPSA) is 107 Å². The van der Waals surface area contributed by atoms with E-state index in [2.05, 4.69) is 0 Å². The normalized spacial score (nSPS) is 29.9. The van der Waals surface area contributed by atoms with E-state index in [0.29, 0.717) is 16.8 Å². The number of fused-ring (bicyclic) bond motifs is 2. The monoisotopic (exact) mass is 553 g/mol. The summed E-state index contributed by atoms with van der Waals surface area (Å²) < 4.78 is 10.3. The van der Waals surface area contributed by atoms with E-state index in [1.807, 2.05) is 36.4 Å². The summed E-state index contributed by atoms with van der Waals surface area (Å²) >= 11 is 0. The zero-order chi connectivity index (χ0) is 29.2. The Kier molecular flexibility index (Phi) is 6.32. The number of hydrogen-bond donors (Lipinski definition) is 0. The largest absolute Gasteiger partial charge is 0.469 e. The first-order valence-corrected chi connectivity index (χ1v) is 13.8. The Morgan fingerprint density at radius 3 is 2.07 bits per heavy atom. The van der Waals surface area contributed by atoms with E-state index in [1.54, 1.807) is 44.2 Å². The maximum Gasteiger partial charge on any atom is 0.333 e. The third-order valence-electron chi connectivity index (χ3n) is 9.43. The lowest BCUT2D eigenvalue weighted by Gasteiger charge is -2.39.